The highest BCUT2D eigenvalue weighted by Gasteiger charge is 2.30. The highest BCUT2D eigenvalue weighted by Crippen LogP contribution is 2.22. The molecule has 1 saturated heterocycles. The van der Waals surface area contributed by atoms with Gasteiger partial charge in [0.1, 0.15) is 5.84 Å². The number of likely N-dealkylation sites (tertiary alicyclic amines) is 1. The van der Waals surface area contributed by atoms with Crippen LogP contribution in [0.25, 0.3) is 0 Å². The van der Waals surface area contributed by atoms with Crippen LogP contribution in [-0.4, -0.2) is 56.5 Å². The van der Waals surface area contributed by atoms with Crippen molar-refractivity contribution in [3.8, 4) is 0 Å². The molecule has 0 unspecified atom stereocenters. The molecule has 3 amide bonds. The van der Waals surface area contributed by atoms with Crippen molar-refractivity contribution < 1.29 is 22.8 Å². The average molecular weight is 435 g/mol. The van der Waals surface area contributed by atoms with Crippen LogP contribution in [0.4, 0.5) is 0 Å². The van der Waals surface area contributed by atoms with Crippen LogP contribution in [0.3, 0.4) is 0 Å². The number of aliphatic imine (C=N–C) groups is 1. The van der Waals surface area contributed by atoms with Crippen molar-refractivity contribution in [2.24, 2.45) is 4.99 Å². The molecular formula is C20H26N4O5S. The summed E-state index contributed by atoms with van der Waals surface area (Å²) in [4.78, 5) is 40.7. The molecule has 9 nitrogen and oxygen atoms in total. The molecule has 2 N–H and O–H groups in total. The van der Waals surface area contributed by atoms with Crippen LogP contribution in [0.5, 0.6) is 0 Å². The van der Waals surface area contributed by atoms with E-state index in [9.17, 15) is 22.8 Å². The van der Waals surface area contributed by atoms with Gasteiger partial charge in [-0.15, -0.1) is 0 Å². The lowest BCUT2D eigenvalue weighted by molar-refractivity contribution is -0.138. The van der Waals surface area contributed by atoms with E-state index in [1.54, 1.807) is 24.3 Å². The van der Waals surface area contributed by atoms with E-state index in [1.165, 1.54) is 4.90 Å². The van der Waals surface area contributed by atoms with Gasteiger partial charge >= 0.3 is 0 Å². The number of hydrogen-bond donors (Lipinski definition) is 2. The Kier molecular flexibility index (Phi) is 7.20. The number of nitrogens with zero attached hydrogens (tertiary/aromatic N) is 2. The van der Waals surface area contributed by atoms with Crippen molar-refractivity contribution in [3.63, 3.8) is 0 Å². The summed E-state index contributed by atoms with van der Waals surface area (Å²) in [6.45, 7) is 1.26. The minimum absolute atomic E-state index is 0.0575. The summed E-state index contributed by atoms with van der Waals surface area (Å²) in [7, 11) is -3.51. The Bertz CT molecular complexity index is 942. The standard InChI is InChI=1S/C20H26N4O5S/c25-17(21-13-6-14-24-18(26)10-11-19(24)27)9-2-1-5-12-22-20-15-7-3-4-8-16(15)30(28,29)23-20/h3-4,7-8H,1-2,5-6,9-14H2,(H,21,25)(H,22,23). The quantitative estimate of drug-likeness (QED) is 0.419. The normalized spacial score (nSPS) is 18.5. The summed E-state index contributed by atoms with van der Waals surface area (Å²) in [6.07, 6.45) is 3.78. The molecule has 0 bridgehead atoms. The maximum absolute atomic E-state index is 12.0. The van der Waals surface area contributed by atoms with Crippen LogP contribution in [0.2, 0.25) is 0 Å². The smallest absolute Gasteiger partial charge is 0.263 e. The van der Waals surface area contributed by atoms with Crippen molar-refractivity contribution in [2.45, 2.75) is 49.8 Å². The molecule has 1 aromatic rings. The first-order valence-electron chi connectivity index (χ1n) is 10.1. The lowest BCUT2D eigenvalue weighted by atomic mass is 10.2. The number of imide groups is 1. The minimum Gasteiger partial charge on any atom is -0.356 e. The largest absolute Gasteiger partial charge is 0.356 e. The maximum Gasteiger partial charge on any atom is 0.263 e. The number of carbonyl (C=O) groups is 3. The first kappa shape index (κ1) is 21.9. The lowest BCUT2D eigenvalue weighted by Gasteiger charge is -2.13. The molecule has 2 aliphatic heterocycles. The van der Waals surface area contributed by atoms with E-state index < -0.39 is 10.0 Å². The van der Waals surface area contributed by atoms with Crippen LogP contribution in [0, 0.1) is 0 Å². The zero-order valence-corrected chi connectivity index (χ0v) is 17.5. The Morgan fingerprint density at radius 3 is 2.57 bits per heavy atom. The molecule has 0 aromatic heterocycles. The summed E-state index contributed by atoms with van der Waals surface area (Å²) >= 11 is 0. The number of carbonyl (C=O) groups excluding carboxylic acids is 3. The number of rotatable bonds is 10. The summed E-state index contributed by atoms with van der Waals surface area (Å²) in [5, 5.41) is 2.80. The summed E-state index contributed by atoms with van der Waals surface area (Å²) < 4.78 is 26.5. The molecule has 1 fully saturated rings. The zero-order valence-electron chi connectivity index (χ0n) is 16.7. The van der Waals surface area contributed by atoms with Crippen LogP contribution in [-0.2, 0) is 24.4 Å². The van der Waals surface area contributed by atoms with Gasteiger partial charge in [0, 0.05) is 44.5 Å². The Morgan fingerprint density at radius 2 is 1.80 bits per heavy atom. The molecule has 0 radical (unpaired) electrons. The molecule has 10 heteroatoms. The average Bonchev–Trinajstić information content (AvgIpc) is 3.18. The first-order chi connectivity index (χ1) is 14.4. The second-order valence-corrected chi connectivity index (χ2v) is 8.94. The van der Waals surface area contributed by atoms with Crippen molar-refractivity contribution in [1.29, 1.82) is 0 Å². The molecule has 0 atom stereocenters. The molecule has 30 heavy (non-hydrogen) atoms. The van der Waals surface area contributed by atoms with Gasteiger partial charge in [-0.25, -0.2) is 8.42 Å². The second kappa shape index (κ2) is 9.84. The molecule has 162 valence electrons. The molecule has 2 aliphatic rings. The fourth-order valence-electron chi connectivity index (χ4n) is 3.44. The summed E-state index contributed by atoms with van der Waals surface area (Å²) in [5.74, 6) is 0.0452. The number of unbranched alkanes of at least 4 members (excludes halogenated alkanes) is 2. The molecule has 2 heterocycles. The number of hydrogen-bond acceptors (Lipinski definition) is 6. The molecular weight excluding hydrogens is 408 g/mol. The number of fused-ring (bicyclic) bond motifs is 1. The van der Waals surface area contributed by atoms with Gasteiger partial charge in [-0.1, -0.05) is 18.6 Å². The predicted octanol–water partition coefficient (Wildman–Crippen LogP) is 0.941. The number of nitrogens with one attached hydrogen (secondary N) is 2. The molecule has 3 rings (SSSR count). The van der Waals surface area contributed by atoms with Crippen molar-refractivity contribution in [3.05, 3.63) is 29.8 Å². The van der Waals surface area contributed by atoms with E-state index in [0.717, 1.165) is 12.8 Å². The SMILES string of the molecule is O=C(CCCCCN=C1NS(=O)(=O)c2ccccc21)NCCCN1C(=O)CCC1=O. The third-order valence-electron chi connectivity index (χ3n) is 5.03. The van der Waals surface area contributed by atoms with Crippen molar-refractivity contribution in [2.75, 3.05) is 19.6 Å². The van der Waals surface area contributed by atoms with E-state index in [1.807, 2.05) is 0 Å². The van der Waals surface area contributed by atoms with Gasteiger partial charge in [-0.05, 0) is 31.4 Å². The van der Waals surface area contributed by atoms with Crippen LogP contribution >= 0.6 is 0 Å². The van der Waals surface area contributed by atoms with Crippen LogP contribution in [0.1, 0.15) is 50.5 Å². The number of amidine groups is 1. The van der Waals surface area contributed by atoms with Gasteiger partial charge < -0.3 is 5.32 Å². The zero-order chi connectivity index (χ0) is 21.6. The Hall–Kier alpha value is -2.75. The topological polar surface area (TPSA) is 125 Å². The van der Waals surface area contributed by atoms with Gasteiger partial charge in [0.15, 0.2) is 0 Å². The highest BCUT2D eigenvalue weighted by molar-refractivity contribution is 7.90. The molecule has 0 spiro atoms. The molecule has 0 saturated carbocycles. The number of amides is 3. The van der Waals surface area contributed by atoms with Gasteiger partial charge in [0.2, 0.25) is 17.7 Å². The summed E-state index contributed by atoms with van der Waals surface area (Å²) in [5.41, 5.74) is 0.592. The van der Waals surface area contributed by atoms with Gasteiger partial charge in [-0.2, -0.15) is 0 Å². The Morgan fingerprint density at radius 1 is 1.07 bits per heavy atom. The Labute approximate surface area is 176 Å². The van der Waals surface area contributed by atoms with E-state index in [0.29, 0.717) is 50.3 Å². The van der Waals surface area contributed by atoms with E-state index >= 15 is 0 Å². The third kappa shape index (κ3) is 5.44. The van der Waals surface area contributed by atoms with Gasteiger partial charge in [-0.3, -0.25) is 29.0 Å². The minimum atomic E-state index is -3.51. The van der Waals surface area contributed by atoms with Crippen LogP contribution < -0.4 is 10.0 Å². The summed E-state index contributed by atoms with van der Waals surface area (Å²) in [6, 6.07) is 6.74. The van der Waals surface area contributed by atoms with Gasteiger partial charge in [0.25, 0.3) is 10.0 Å². The van der Waals surface area contributed by atoms with E-state index in [2.05, 4.69) is 15.0 Å². The van der Waals surface area contributed by atoms with E-state index in [4.69, 9.17) is 0 Å². The molecule has 0 aliphatic carbocycles. The highest BCUT2D eigenvalue weighted by atomic mass is 32.2. The first-order valence-corrected chi connectivity index (χ1v) is 11.6. The second-order valence-electron chi connectivity index (χ2n) is 7.29. The van der Waals surface area contributed by atoms with Crippen molar-refractivity contribution in [1.82, 2.24) is 14.9 Å². The van der Waals surface area contributed by atoms with Crippen LogP contribution in [0.15, 0.2) is 34.2 Å². The van der Waals surface area contributed by atoms with E-state index in [-0.39, 0.29) is 35.5 Å². The number of benzene rings is 1. The number of sulfonamides is 1. The molecule has 1 aromatic carbocycles. The maximum atomic E-state index is 12.0. The Balaban J connectivity index is 1.28. The van der Waals surface area contributed by atoms with Crippen molar-refractivity contribution >= 4 is 33.6 Å². The fourth-order valence-corrected chi connectivity index (χ4v) is 4.69. The third-order valence-corrected chi connectivity index (χ3v) is 6.43. The predicted molar refractivity (Wildman–Crippen MR) is 110 cm³/mol. The lowest BCUT2D eigenvalue weighted by Crippen LogP contribution is -2.33. The fraction of sp³-hybridized carbons (Fsp3) is 0.500. The van der Waals surface area contributed by atoms with Gasteiger partial charge in [0.05, 0.1) is 4.90 Å². The monoisotopic (exact) mass is 434 g/mol.